The molecule has 21 heavy (non-hydrogen) atoms. The lowest BCUT2D eigenvalue weighted by Crippen LogP contribution is -2.57. The van der Waals surface area contributed by atoms with Gasteiger partial charge in [0.1, 0.15) is 12.1 Å². The number of amides is 2. The summed E-state index contributed by atoms with van der Waals surface area (Å²) in [5, 5.41) is 15.2. The molecule has 6 nitrogen and oxygen atoms in total. The number of methoxy groups -OCH3 is 1. The van der Waals surface area contributed by atoms with Crippen LogP contribution in [-0.4, -0.2) is 30.1 Å². The fourth-order valence-corrected chi connectivity index (χ4v) is 2.39. The molecule has 0 aromatic heterocycles. The highest BCUT2D eigenvalue weighted by Gasteiger charge is 2.34. The molecule has 1 fully saturated rings. The number of carbonyl (C=O) groups is 2. The maximum atomic E-state index is 12.2. The van der Waals surface area contributed by atoms with Gasteiger partial charge in [-0.15, -0.1) is 0 Å². The van der Waals surface area contributed by atoms with E-state index in [-0.39, 0.29) is 17.6 Å². The lowest BCUT2D eigenvalue weighted by atomic mass is 9.97. The summed E-state index contributed by atoms with van der Waals surface area (Å²) in [7, 11) is 1.44. The van der Waals surface area contributed by atoms with E-state index < -0.39 is 12.1 Å². The first-order chi connectivity index (χ1) is 9.92. The van der Waals surface area contributed by atoms with Gasteiger partial charge in [0.25, 0.3) is 0 Å². The van der Waals surface area contributed by atoms with Crippen molar-refractivity contribution in [3.8, 4) is 11.5 Å². The third-order valence-corrected chi connectivity index (χ3v) is 3.43. The summed E-state index contributed by atoms with van der Waals surface area (Å²) in [6.45, 7) is 3.99. The maximum absolute atomic E-state index is 12.2. The molecule has 2 amide bonds. The molecule has 0 spiro atoms. The molecule has 3 N–H and O–H groups in total. The Morgan fingerprint density at radius 2 is 1.95 bits per heavy atom. The summed E-state index contributed by atoms with van der Waals surface area (Å²) in [6, 6.07) is 3.33. The SMILES string of the molecule is COc1ccc(C2NC(=O)[C@@H](CC(C)C)NC2=O)cc1O. The van der Waals surface area contributed by atoms with Crippen LogP contribution in [0.2, 0.25) is 0 Å². The number of rotatable bonds is 4. The molecule has 1 heterocycles. The average Bonchev–Trinajstić information content (AvgIpc) is 2.42. The summed E-state index contributed by atoms with van der Waals surface area (Å²) in [6.07, 6.45) is 0.595. The molecule has 6 heteroatoms. The molecule has 1 saturated heterocycles. The number of hydrogen-bond acceptors (Lipinski definition) is 4. The van der Waals surface area contributed by atoms with Crippen molar-refractivity contribution in [2.24, 2.45) is 5.92 Å². The minimum atomic E-state index is -0.794. The fourth-order valence-electron chi connectivity index (χ4n) is 2.39. The highest BCUT2D eigenvalue weighted by Crippen LogP contribution is 2.29. The number of phenols is 1. The van der Waals surface area contributed by atoms with Crippen LogP contribution in [0.25, 0.3) is 0 Å². The molecule has 1 aromatic rings. The van der Waals surface area contributed by atoms with E-state index in [1.165, 1.54) is 13.2 Å². The smallest absolute Gasteiger partial charge is 0.247 e. The van der Waals surface area contributed by atoms with Crippen LogP contribution in [0.3, 0.4) is 0 Å². The van der Waals surface area contributed by atoms with Crippen LogP contribution < -0.4 is 15.4 Å². The van der Waals surface area contributed by atoms with Crippen LogP contribution in [-0.2, 0) is 9.59 Å². The Hall–Kier alpha value is -2.24. The Balaban J connectivity index is 2.17. The predicted molar refractivity (Wildman–Crippen MR) is 76.9 cm³/mol. The quantitative estimate of drug-likeness (QED) is 0.775. The minimum Gasteiger partial charge on any atom is -0.504 e. The van der Waals surface area contributed by atoms with Crippen molar-refractivity contribution in [3.63, 3.8) is 0 Å². The van der Waals surface area contributed by atoms with Gasteiger partial charge in [0.05, 0.1) is 7.11 Å². The number of carbonyl (C=O) groups excluding carboxylic acids is 2. The van der Waals surface area contributed by atoms with Crippen molar-refractivity contribution in [2.75, 3.05) is 7.11 Å². The Morgan fingerprint density at radius 1 is 1.24 bits per heavy atom. The van der Waals surface area contributed by atoms with Crippen LogP contribution in [0, 0.1) is 5.92 Å². The largest absolute Gasteiger partial charge is 0.504 e. The van der Waals surface area contributed by atoms with E-state index in [1.807, 2.05) is 13.8 Å². The van der Waals surface area contributed by atoms with Crippen LogP contribution in [0.15, 0.2) is 18.2 Å². The molecule has 0 radical (unpaired) electrons. The van der Waals surface area contributed by atoms with Crippen molar-refractivity contribution in [1.82, 2.24) is 10.6 Å². The molecule has 2 atom stereocenters. The average molecular weight is 292 g/mol. The van der Waals surface area contributed by atoms with E-state index in [1.54, 1.807) is 12.1 Å². The molecule has 114 valence electrons. The molecular weight excluding hydrogens is 272 g/mol. The predicted octanol–water partition coefficient (Wildman–Crippen LogP) is 1.10. The molecule has 2 rings (SSSR count). The lowest BCUT2D eigenvalue weighted by Gasteiger charge is -2.30. The Bertz CT molecular complexity index is 557. The maximum Gasteiger partial charge on any atom is 0.247 e. The Labute approximate surface area is 123 Å². The number of hydrogen-bond donors (Lipinski definition) is 3. The molecule has 1 aromatic carbocycles. The van der Waals surface area contributed by atoms with Crippen molar-refractivity contribution in [3.05, 3.63) is 23.8 Å². The second-order valence-electron chi connectivity index (χ2n) is 5.56. The number of aromatic hydroxyl groups is 1. The van der Waals surface area contributed by atoms with Crippen molar-refractivity contribution >= 4 is 11.8 Å². The third-order valence-electron chi connectivity index (χ3n) is 3.43. The lowest BCUT2D eigenvalue weighted by molar-refractivity contribution is -0.137. The number of benzene rings is 1. The molecule has 0 bridgehead atoms. The Kier molecular flexibility index (Phi) is 4.35. The first-order valence-electron chi connectivity index (χ1n) is 6.90. The summed E-state index contributed by atoms with van der Waals surface area (Å²) < 4.78 is 4.96. The van der Waals surface area contributed by atoms with E-state index in [9.17, 15) is 14.7 Å². The monoisotopic (exact) mass is 292 g/mol. The van der Waals surface area contributed by atoms with Crippen LogP contribution in [0.1, 0.15) is 31.9 Å². The molecule has 0 aliphatic carbocycles. The van der Waals surface area contributed by atoms with Gasteiger partial charge in [-0.3, -0.25) is 9.59 Å². The van der Waals surface area contributed by atoms with E-state index >= 15 is 0 Å². The highest BCUT2D eigenvalue weighted by atomic mass is 16.5. The van der Waals surface area contributed by atoms with Crippen LogP contribution in [0.4, 0.5) is 0 Å². The fraction of sp³-hybridized carbons (Fsp3) is 0.467. The van der Waals surface area contributed by atoms with Gasteiger partial charge in [0.2, 0.25) is 11.8 Å². The van der Waals surface area contributed by atoms with Gasteiger partial charge in [-0.05, 0) is 30.0 Å². The van der Waals surface area contributed by atoms with Gasteiger partial charge < -0.3 is 20.5 Å². The molecular formula is C15H20N2O4. The van der Waals surface area contributed by atoms with Gasteiger partial charge in [-0.1, -0.05) is 19.9 Å². The third kappa shape index (κ3) is 3.26. The number of nitrogens with one attached hydrogen (secondary N) is 2. The van der Waals surface area contributed by atoms with Crippen molar-refractivity contribution in [2.45, 2.75) is 32.4 Å². The topological polar surface area (TPSA) is 87.7 Å². The zero-order valence-corrected chi connectivity index (χ0v) is 12.3. The van der Waals surface area contributed by atoms with Gasteiger partial charge in [0, 0.05) is 0 Å². The minimum absolute atomic E-state index is 0.0682. The number of piperazine rings is 1. The van der Waals surface area contributed by atoms with Gasteiger partial charge in [-0.2, -0.15) is 0 Å². The standard InChI is InChI=1S/C15H20N2O4/c1-8(2)6-10-14(19)17-13(15(20)16-10)9-4-5-12(21-3)11(18)7-9/h4-5,7-8,10,13,18H,6H2,1-3H3,(H,16,20)(H,17,19)/t10-,13?/m1/s1. The van der Waals surface area contributed by atoms with Crippen LogP contribution >= 0.6 is 0 Å². The second kappa shape index (κ2) is 6.03. The van der Waals surface area contributed by atoms with E-state index in [0.29, 0.717) is 23.7 Å². The van der Waals surface area contributed by atoms with E-state index in [0.717, 1.165) is 0 Å². The van der Waals surface area contributed by atoms with Crippen molar-refractivity contribution in [1.29, 1.82) is 0 Å². The number of ether oxygens (including phenoxy) is 1. The van der Waals surface area contributed by atoms with Gasteiger partial charge >= 0.3 is 0 Å². The molecule has 1 aliphatic rings. The normalized spacial score (nSPS) is 21.9. The zero-order chi connectivity index (χ0) is 15.6. The molecule has 1 unspecified atom stereocenters. The van der Waals surface area contributed by atoms with Crippen LogP contribution in [0.5, 0.6) is 11.5 Å². The first kappa shape index (κ1) is 15.2. The van der Waals surface area contributed by atoms with E-state index in [2.05, 4.69) is 10.6 Å². The van der Waals surface area contributed by atoms with Gasteiger partial charge in [0.15, 0.2) is 11.5 Å². The molecule has 0 saturated carbocycles. The zero-order valence-electron chi connectivity index (χ0n) is 12.3. The number of phenolic OH excluding ortho intramolecular Hbond substituents is 1. The summed E-state index contributed by atoms with van der Waals surface area (Å²) in [5.41, 5.74) is 0.516. The van der Waals surface area contributed by atoms with Gasteiger partial charge in [-0.25, -0.2) is 0 Å². The second-order valence-corrected chi connectivity index (χ2v) is 5.56. The first-order valence-corrected chi connectivity index (χ1v) is 6.90. The summed E-state index contributed by atoms with van der Waals surface area (Å²) >= 11 is 0. The summed E-state index contributed by atoms with van der Waals surface area (Å²) in [4.78, 5) is 24.2. The van der Waals surface area contributed by atoms with E-state index in [4.69, 9.17) is 4.74 Å². The molecule has 1 aliphatic heterocycles. The Morgan fingerprint density at radius 3 is 2.52 bits per heavy atom. The summed E-state index contributed by atoms with van der Waals surface area (Å²) in [5.74, 6) is 0.0800. The highest BCUT2D eigenvalue weighted by molar-refractivity contribution is 5.97. The van der Waals surface area contributed by atoms with Crippen molar-refractivity contribution < 1.29 is 19.4 Å².